The third kappa shape index (κ3) is 4.42. The van der Waals surface area contributed by atoms with Gasteiger partial charge in [0.1, 0.15) is 18.3 Å². The van der Waals surface area contributed by atoms with Crippen molar-refractivity contribution in [2.45, 2.75) is 50.8 Å². The van der Waals surface area contributed by atoms with Crippen LogP contribution in [0.25, 0.3) is 0 Å². The van der Waals surface area contributed by atoms with Crippen LogP contribution in [0.2, 0.25) is 0 Å². The summed E-state index contributed by atoms with van der Waals surface area (Å²) in [4.78, 5) is 11.6. The maximum atomic E-state index is 11.6. The highest BCUT2D eigenvalue weighted by Gasteiger charge is 2.55. The van der Waals surface area contributed by atoms with E-state index in [0.29, 0.717) is 19.8 Å². The van der Waals surface area contributed by atoms with Crippen molar-refractivity contribution in [1.82, 2.24) is 0 Å². The summed E-state index contributed by atoms with van der Waals surface area (Å²) in [6.07, 6.45) is -2.38. The van der Waals surface area contributed by atoms with Gasteiger partial charge in [-0.2, -0.15) is 0 Å². The fraction of sp³-hybridized carbons (Fsp3) is 0.409. The van der Waals surface area contributed by atoms with Crippen LogP contribution < -0.4 is 0 Å². The molecule has 6 heteroatoms. The Labute approximate surface area is 164 Å². The van der Waals surface area contributed by atoms with Crippen molar-refractivity contribution in [3.05, 3.63) is 71.8 Å². The minimum atomic E-state index is -0.633. The quantitative estimate of drug-likeness (QED) is 0.684. The number of fused-ring (bicyclic) bond motifs is 2. The predicted octanol–water partition coefficient (Wildman–Crippen LogP) is 2.84. The van der Waals surface area contributed by atoms with E-state index < -0.39 is 18.5 Å². The highest BCUT2D eigenvalue weighted by atomic mass is 16.8. The van der Waals surface area contributed by atoms with Crippen LogP contribution >= 0.6 is 0 Å². The van der Waals surface area contributed by atoms with Crippen molar-refractivity contribution >= 4 is 5.97 Å². The molecule has 2 aliphatic rings. The third-order valence-corrected chi connectivity index (χ3v) is 4.89. The average Bonchev–Trinajstić information content (AvgIpc) is 2.98. The van der Waals surface area contributed by atoms with Crippen molar-refractivity contribution in [3.8, 4) is 0 Å². The van der Waals surface area contributed by atoms with Crippen LogP contribution in [-0.4, -0.2) is 43.3 Å². The first-order valence-electron chi connectivity index (χ1n) is 9.46. The molecule has 2 aromatic rings. The Kier molecular flexibility index (Phi) is 6.02. The van der Waals surface area contributed by atoms with Crippen LogP contribution in [0.5, 0.6) is 0 Å². The average molecular weight is 384 g/mol. The molecule has 0 spiro atoms. The fourth-order valence-corrected chi connectivity index (χ4v) is 3.56. The number of carbonyl (C=O) groups is 1. The molecule has 0 saturated carbocycles. The Balaban J connectivity index is 1.45. The maximum absolute atomic E-state index is 11.6. The highest BCUT2D eigenvalue weighted by molar-refractivity contribution is 5.66. The van der Waals surface area contributed by atoms with E-state index in [4.69, 9.17) is 23.7 Å². The van der Waals surface area contributed by atoms with Gasteiger partial charge < -0.3 is 23.7 Å². The largest absolute Gasteiger partial charge is 0.454 e. The Bertz CT molecular complexity index is 765. The highest BCUT2D eigenvalue weighted by Crippen LogP contribution is 2.35. The van der Waals surface area contributed by atoms with Crippen molar-refractivity contribution in [2.24, 2.45) is 0 Å². The first-order valence-corrected chi connectivity index (χ1v) is 9.46. The van der Waals surface area contributed by atoms with E-state index >= 15 is 0 Å². The molecule has 5 atom stereocenters. The third-order valence-electron chi connectivity index (χ3n) is 4.89. The summed E-state index contributed by atoms with van der Waals surface area (Å²) in [5.41, 5.74) is 2.11. The molecule has 2 bridgehead atoms. The number of rotatable bonds is 7. The zero-order chi connectivity index (χ0) is 19.3. The number of hydrogen-bond acceptors (Lipinski definition) is 6. The lowest BCUT2D eigenvalue weighted by atomic mass is 10.1. The van der Waals surface area contributed by atoms with E-state index in [1.165, 1.54) is 6.92 Å². The van der Waals surface area contributed by atoms with Gasteiger partial charge in [0.2, 0.25) is 0 Å². The number of esters is 1. The minimum absolute atomic E-state index is 0.308. The van der Waals surface area contributed by atoms with Gasteiger partial charge in [-0.1, -0.05) is 60.7 Å². The van der Waals surface area contributed by atoms with E-state index in [1.807, 2.05) is 60.7 Å². The number of benzene rings is 2. The Hall–Kier alpha value is -2.25. The normalized spacial score (nSPS) is 28.8. The minimum Gasteiger partial charge on any atom is -0.454 e. The molecule has 6 nitrogen and oxygen atoms in total. The van der Waals surface area contributed by atoms with Crippen LogP contribution in [0, 0.1) is 0 Å². The lowest BCUT2D eigenvalue weighted by molar-refractivity contribution is -0.247. The van der Waals surface area contributed by atoms with Gasteiger partial charge in [-0.25, -0.2) is 0 Å². The van der Waals surface area contributed by atoms with Gasteiger partial charge in [0.15, 0.2) is 12.4 Å². The smallest absolute Gasteiger partial charge is 0.303 e. The molecule has 0 aliphatic carbocycles. The monoisotopic (exact) mass is 384 g/mol. The van der Waals surface area contributed by atoms with E-state index in [2.05, 4.69) is 0 Å². The topological polar surface area (TPSA) is 63.2 Å². The van der Waals surface area contributed by atoms with E-state index in [9.17, 15) is 4.79 Å². The summed E-state index contributed by atoms with van der Waals surface area (Å²) in [6.45, 7) is 2.58. The van der Waals surface area contributed by atoms with Gasteiger partial charge >= 0.3 is 5.97 Å². The SMILES string of the molecule is CC(=O)O[C@H]1[C@@H]2OC[C@@H](OCc3ccccc3)[C@@H](O2)[C@@H]1OCc1ccccc1. The Morgan fingerprint density at radius 2 is 1.54 bits per heavy atom. The zero-order valence-corrected chi connectivity index (χ0v) is 15.7. The molecule has 2 fully saturated rings. The predicted molar refractivity (Wildman–Crippen MR) is 100 cm³/mol. The zero-order valence-electron chi connectivity index (χ0n) is 15.7. The number of carbonyl (C=O) groups excluding carboxylic acids is 1. The standard InChI is InChI=1S/C22H24O6/c1-15(23)27-21-20(25-13-17-10-6-3-7-11-17)19-18(14-26-22(21)28-19)24-12-16-8-4-2-5-9-16/h2-11,18-22H,12-14H2,1H3/t18-,19-,20+,21-,22-/m1/s1. The van der Waals surface area contributed by atoms with Crippen LogP contribution in [0.1, 0.15) is 18.1 Å². The molecule has 28 heavy (non-hydrogen) atoms. The van der Waals surface area contributed by atoms with E-state index in [1.54, 1.807) is 0 Å². The van der Waals surface area contributed by atoms with E-state index in [-0.39, 0.29) is 18.2 Å². The molecular formula is C22H24O6. The lowest BCUT2D eigenvalue weighted by Crippen LogP contribution is -2.44. The Morgan fingerprint density at radius 3 is 2.14 bits per heavy atom. The number of hydrogen-bond donors (Lipinski definition) is 0. The number of ether oxygens (including phenoxy) is 5. The summed E-state index contributed by atoms with van der Waals surface area (Å²) in [5, 5.41) is 0. The van der Waals surface area contributed by atoms with Crippen molar-refractivity contribution < 1.29 is 28.5 Å². The summed E-state index contributed by atoms with van der Waals surface area (Å²) in [6, 6.07) is 19.8. The van der Waals surface area contributed by atoms with Crippen molar-refractivity contribution in [3.63, 3.8) is 0 Å². The molecule has 4 rings (SSSR count). The van der Waals surface area contributed by atoms with Gasteiger partial charge in [-0.15, -0.1) is 0 Å². The second kappa shape index (κ2) is 8.84. The molecule has 2 heterocycles. The second-order valence-corrected chi connectivity index (χ2v) is 6.97. The van der Waals surface area contributed by atoms with Crippen LogP contribution in [0.3, 0.4) is 0 Å². The fourth-order valence-electron chi connectivity index (χ4n) is 3.56. The molecule has 2 saturated heterocycles. The van der Waals surface area contributed by atoms with Crippen LogP contribution in [-0.2, 0) is 41.7 Å². The first-order chi connectivity index (χ1) is 13.7. The first kappa shape index (κ1) is 19.1. The van der Waals surface area contributed by atoms with Crippen molar-refractivity contribution in [1.29, 1.82) is 0 Å². The summed E-state index contributed by atoms with van der Waals surface area (Å²) >= 11 is 0. The van der Waals surface area contributed by atoms with Crippen molar-refractivity contribution in [2.75, 3.05) is 6.61 Å². The molecule has 2 aromatic carbocycles. The molecular weight excluding hydrogens is 360 g/mol. The molecule has 2 aliphatic heterocycles. The summed E-state index contributed by atoms with van der Waals surface area (Å²) in [5.74, 6) is -0.389. The molecule has 0 amide bonds. The molecule has 0 aromatic heterocycles. The molecule has 0 radical (unpaired) electrons. The van der Waals surface area contributed by atoms with Gasteiger partial charge in [-0.3, -0.25) is 4.79 Å². The molecule has 0 N–H and O–H groups in total. The van der Waals surface area contributed by atoms with Gasteiger partial charge in [0, 0.05) is 6.92 Å². The van der Waals surface area contributed by atoms with Crippen LogP contribution in [0.4, 0.5) is 0 Å². The van der Waals surface area contributed by atoms with Crippen LogP contribution in [0.15, 0.2) is 60.7 Å². The summed E-state index contributed by atoms with van der Waals surface area (Å²) in [7, 11) is 0. The Morgan fingerprint density at radius 1 is 0.929 bits per heavy atom. The second-order valence-electron chi connectivity index (χ2n) is 6.97. The summed E-state index contributed by atoms with van der Waals surface area (Å²) < 4.78 is 29.4. The molecule has 148 valence electrons. The van der Waals surface area contributed by atoms with Gasteiger partial charge in [-0.05, 0) is 11.1 Å². The van der Waals surface area contributed by atoms with Gasteiger partial charge in [0.25, 0.3) is 0 Å². The maximum Gasteiger partial charge on any atom is 0.303 e. The lowest BCUT2D eigenvalue weighted by Gasteiger charge is -2.30. The molecule has 0 unspecified atom stereocenters. The van der Waals surface area contributed by atoms with E-state index in [0.717, 1.165) is 11.1 Å². The van der Waals surface area contributed by atoms with Gasteiger partial charge in [0.05, 0.1) is 19.8 Å².